The summed E-state index contributed by atoms with van der Waals surface area (Å²) in [6.45, 7) is 0. The van der Waals surface area contributed by atoms with Gasteiger partial charge in [0, 0.05) is 23.0 Å². The highest BCUT2D eigenvalue weighted by atomic mass is 15.0. The molecule has 0 saturated heterocycles. The Hall–Kier alpha value is -2.55. The van der Waals surface area contributed by atoms with Gasteiger partial charge in [-0.05, 0) is 29.7 Å². The van der Waals surface area contributed by atoms with E-state index < -0.39 is 0 Å². The van der Waals surface area contributed by atoms with Crippen molar-refractivity contribution in [3.63, 3.8) is 0 Å². The van der Waals surface area contributed by atoms with Gasteiger partial charge in [0.15, 0.2) is 0 Å². The molecule has 3 N–H and O–H groups in total. The van der Waals surface area contributed by atoms with Crippen LogP contribution in [0.1, 0.15) is 0 Å². The smallest absolute Gasteiger partial charge is 0.140 e. The van der Waals surface area contributed by atoms with Gasteiger partial charge in [-0.3, -0.25) is 0 Å². The summed E-state index contributed by atoms with van der Waals surface area (Å²) < 4.78 is 0. The first kappa shape index (κ1) is 10.6. The zero-order valence-electron chi connectivity index (χ0n) is 9.80. The molecule has 3 aromatic rings. The van der Waals surface area contributed by atoms with Crippen LogP contribution < -0.4 is 11.1 Å². The van der Waals surface area contributed by atoms with E-state index in [-0.39, 0.29) is 0 Å². The van der Waals surface area contributed by atoms with Gasteiger partial charge in [-0.1, -0.05) is 30.3 Å². The molecule has 0 bridgehead atoms. The average Bonchev–Trinajstić information content (AvgIpc) is 2.40. The third kappa shape index (κ3) is 1.86. The third-order valence-electron chi connectivity index (χ3n) is 2.86. The Balaban J connectivity index is 2.12. The van der Waals surface area contributed by atoms with Crippen LogP contribution in [0.2, 0.25) is 0 Å². The van der Waals surface area contributed by atoms with Crippen molar-refractivity contribution in [2.45, 2.75) is 0 Å². The van der Waals surface area contributed by atoms with Crippen molar-refractivity contribution in [3.05, 3.63) is 60.8 Å². The van der Waals surface area contributed by atoms with Crippen LogP contribution in [0.3, 0.4) is 0 Å². The number of benzene rings is 2. The molecule has 1 heterocycles. The topological polar surface area (TPSA) is 50.9 Å². The van der Waals surface area contributed by atoms with Gasteiger partial charge in [0.25, 0.3) is 0 Å². The number of nitrogens with zero attached hydrogens (tertiary/aromatic N) is 1. The van der Waals surface area contributed by atoms with Gasteiger partial charge in [0.1, 0.15) is 5.82 Å². The first-order valence-corrected chi connectivity index (χ1v) is 5.80. The number of nitrogen functional groups attached to an aromatic ring is 1. The van der Waals surface area contributed by atoms with E-state index in [9.17, 15) is 0 Å². The van der Waals surface area contributed by atoms with Crippen molar-refractivity contribution < 1.29 is 0 Å². The molecule has 0 spiro atoms. The molecule has 3 heteroatoms. The standard InChI is InChI=1S/C15H13N3/c16-13-8-4-5-11-9-10-17-15(14(11)13)18-12-6-2-1-3-7-12/h1-10H,16H2,(H,17,18). The van der Waals surface area contributed by atoms with E-state index >= 15 is 0 Å². The van der Waals surface area contributed by atoms with Crippen LogP contribution in [0.15, 0.2) is 60.8 Å². The zero-order chi connectivity index (χ0) is 12.4. The molecule has 0 amide bonds. The molecular weight excluding hydrogens is 222 g/mol. The second kappa shape index (κ2) is 4.37. The predicted molar refractivity (Wildman–Crippen MR) is 75.9 cm³/mol. The predicted octanol–water partition coefficient (Wildman–Crippen LogP) is 3.56. The monoisotopic (exact) mass is 235 g/mol. The minimum Gasteiger partial charge on any atom is -0.398 e. The second-order valence-electron chi connectivity index (χ2n) is 4.10. The minimum atomic E-state index is 0.735. The van der Waals surface area contributed by atoms with E-state index in [4.69, 9.17) is 5.73 Å². The normalized spacial score (nSPS) is 10.4. The molecule has 3 rings (SSSR count). The van der Waals surface area contributed by atoms with Gasteiger partial charge in [0.2, 0.25) is 0 Å². The fourth-order valence-corrected chi connectivity index (χ4v) is 2.01. The third-order valence-corrected chi connectivity index (χ3v) is 2.86. The molecule has 0 fully saturated rings. The lowest BCUT2D eigenvalue weighted by molar-refractivity contribution is 1.34. The summed E-state index contributed by atoms with van der Waals surface area (Å²) in [5, 5.41) is 5.35. The molecule has 18 heavy (non-hydrogen) atoms. The van der Waals surface area contributed by atoms with Crippen molar-refractivity contribution in [1.29, 1.82) is 0 Å². The Morgan fingerprint density at radius 2 is 1.72 bits per heavy atom. The Labute approximate surface area is 105 Å². The molecule has 1 aromatic heterocycles. The lowest BCUT2D eigenvalue weighted by Crippen LogP contribution is -1.96. The molecule has 0 aliphatic carbocycles. The number of pyridine rings is 1. The van der Waals surface area contributed by atoms with Gasteiger partial charge >= 0.3 is 0 Å². The largest absolute Gasteiger partial charge is 0.398 e. The number of anilines is 3. The van der Waals surface area contributed by atoms with Gasteiger partial charge in [-0.15, -0.1) is 0 Å². The van der Waals surface area contributed by atoms with E-state index in [1.165, 1.54) is 0 Å². The molecule has 3 nitrogen and oxygen atoms in total. The van der Waals surface area contributed by atoms with Crippen molar-refractivity contribution in [2.24, 2.45) is 0 Å². The lowest BCUT2D eigenvalue weighted by Gasteiger charge is -2.10. The van der Waals surface area contributed by atoms with Gasteiger partial charge in [0.05, 0.1) is 0 Å². The number of hydrogen-bond donors (Lipinski definition) is 2. The quantitative estimate of drug-likeness (QED) is 0.668. The van der Waals surface area contributed by atoms with E-state index in [0.29, 0.717) is 0 Å². The SMILES string of the molecule is Nc1cccc2ccnc(Nc3ccccc3)c12. The highest BCUT2D eigenvalue weighted by Crippen LogP contribution is 2.28. The van der Waals surface area contributed by atoms with Gasteiger partial charge in [-0.2, -0.15) is 0 Å². The molecular formula is C15H13N3. The summed E-state index contributed by atoms with van der Waals surface area (Å²) in [5.74, 6) is 0.789. The fraction of sp³-hybridized carbons (Fsp3) is 0. The first-order valence-electron chi connectivity index (χ1n) is 5.80. The highest BCUT2D eigenvalue weighted by Gasteiger charge is 2.05. The van der Waals surface area contributed by atoms with Crippen LogP contribution in [-0.4, -0.2) is 4.98 Å². The lowest BCUT2D eigenvalue weighted by atomic mass is 10.1. The summed E-state index contributed by atoms with van der Waals surface area (Å²) in [5.41, 5.74) is 7.77. The maximum absolute atomic E-state index is 6.03. The van der Waals surface area contributed by atoms with E-state index in [1.54, 1.807) is 6.20 Å². The van der Waals surface area contributed by atoms with Gasteiger partial charge < -0.3 is 11.1 Å². The Kier molecular flexibility index (Phi) is 2.57. The van der Waals surface area contributed by atoms with Gasteiger partial charge in [-0.25, -0.2) is 4.98 Å². The van der Waals surface area contributed by atoms with E-state index in [1.807, 2.05) is 54.6 Å². The fourth-order valence-electron chi connectivity index (χ4n) is 2.01. The number of rotatable bonds is 2. The molecule has 0 aliphatic rings. The average molecular weight is 235 g/mol. The number of fused-ring (bicyclic) bond motifs is 1. The number of aromatic nitrogens is 1. The van der Waals surface area contributed by atoms with Crippen LogP contribution in [0.25, 0.3) is 10.8 Å². The van der Waals surface area contributed by atoms with Crippen molar-refractivity contribution in [1.82, 2.24) is 4.98 Å². The maximum atomic E-state index is 6.03. The van der Waals surface area contributed by atoms with Crippen LogP contribution >= 0.6 is 0 Å². The molecule has 0 aliphatic heterocycles. The molecule has 0 unspecified atom stereocenters. The zero-order valence-corrected chi connectivity index (χ0v) is 9.80. The van der Waals surface area contributed by atoms with Crippen LogP contribution in [0.4, 0.5) is 17.2 Å². The molecule has 0 atom stereocenters. The summed E-state index contributed by atoms with van der Waals surface area (Å²) >= 11 is 0. The Morgan fingerprint density at radius 1 is 0.889 bits per heavy atom. The van der Waals surface area contributed by atoms with Crippen LogP contribution in [0, 0.1) is 0 Å². The summed E-state index contributed by atoms with van der Waals surface area (Å²) in [7, 11) is 0. The summed E-state index contributed by atoms with van der Waals surface area (Å²) in [6, 6.07) is 17.8. The second-order valence-corrected chi connectivity index (χ2v) is 4.10. The van der Waals surface area contributed by atoms with E-state index in [2.05, 4.69) is 10.3 Å². The first-order chi connectivity index (χ1) is 8.84. The number of hydrogen-bond acceptors (Lipinski definition) is 3. The molecule has 88 valence electrons. The minimum absolute atomic E-state index is 0.735. The Bertz CT molecular complexity index is 672. The number of nitrogens with one attached hydrogen (secondary N) is 1. The Morgan fingerprint density at radius 3 is 2.56 bits per heavy atom. The van der Waals surface area contributed by atoms with E-state index in [0.717, 1.165) is 28.0 Å². The summed E-state index contributed by atoms with van der Waals surface area (Å²) in [6.07, 6.45) is 1.78. The van der Waals surface area contributed by atoms with Crippen LogP contribution in [-0.2, 0) is 0 Å². The van der Waals surface area contributed by atoms with Crippen LogP contribution in [0.5, 0.6) is 0 Å². The molecule has 0 saturated carbocycles. The van der Waals surface area contributed by atoms with Crippen molar-refractivity contribution in [2.75, 3.05) is 11.1 Å². The maximum Gasteiger partial charge on any atom is 0.140 e. The van der Waals surface area contributed by atoms with Crippen molar-refractivity contribution >= 4 is 28.0 Å². The number of para-hydroxylation sites is 1. The molecule has 2 aromatic carbocycles. The van der Waals surface area contributed by atoms with Crippen molar-refractivity contribution in [3.8, 4) is 0 Å². The highest BCUT2D eigenvalue weighted by molar-refractivity contribution is 6.01. The molecule has 0 radical (unpaired) electrons. The summed E-state index contributed by atoms with van der Waals surface area (Å²) in [4.78, 5) is 4.37. The number of nitrogens with two attached hydrogens (primary N) is 1.